The molecule has 0 aromatic carbocycles. The van der Waals surface area contributed by atoms with E-state index in [-0.39, 0.29) is 0 Å². The Bertz CT molecular complexity index is 380. The minimum Gasteiger partial charge on any atom is -0.234 e. The molecule has 1 aliphatic carbocycles. The molecule has 0 aromatic heterocycles. The summed E-state index contributed by atoms with van der Waals surface area (Å²) in [4.78, 5) is 0. The summed E-state index contributed by atoms with van der Waals surface area (Å²) in [5.74, 6) is -25.2. The molecule has 1 rings (SSSR count). The van der Waals surface area contributed by atoms with Crippen molar-refractivity contribution in [2.45, 2.75) is 67.9 Å². The maximum Gasteiger partial charge on any atom is 0.381 e. The first-order valence-corrected chi connectivity index (χ1v) is 9.00. The van der Waals surface area contributed by atoms with E-state index in [0.717, 1.165) is 20.8 Å². The second-order valence-electron chi connectivity index (χ2n) is 5.30. The molecule has 0 amide bonds. The molecular weight excluding hydrogens is 331 g/mol. The average Bonchev–Trinajstić information content (AvgIpc) is 2.43. The van der Waals surface area contributed by atoms with Crippen LogP contribution in [0.15, 0.2) is 0 Å². The Balaban J connectivity index is 3.83. The molecule has 0 bridgehead atoms. The van der Waals surface area contributed by atoms with Gasteiger partial charge in [0, 0.05) is 0 Å². The van der Waals surface area contributed by atoms with Gasteiger partial charge in [-0.1, -0.05) is 38.9 Å². The molecule has 21 heavy (non-hydrogen) atoms. The molecule has 0 nitrogen and oxygen atoms in total. The fourth-order valence-corrected chi connectivity index (χ4v) is 7.78. The number of halogens is 9. The van der Waals surface area contributed by atoms with Crippen LogP contribution in [0.3, 0.4) is 0 Å². The van der Waals surface area contributed by atoms with Crippen LogP contribution in [0.2, 0.25) is 18.1 Å². The largest absolute Gasteiger partial charge is 0.381 e. The molecule has 1 aliphatic rings. The van der Waals surface area contributed by atoms with Gasteiger partial charge in [-0.2, -0.15) is 35.1 Å². The van der Waals surface area contributed by atoms with Crippen molar-refractivity contribution < 1.29 is 39.5 Å². The first-order chi connectivity index (χ1) is 9.18. The highest BCUT2D eigenvalue weighted by Gasteiger charge is 3.02. The van der Waals surface area contributed by atoms with Gasteiger partial charge in [-0.15, -0.1) is 0 Å². The molecule has 0 radical (unpaired) electrons. The van der Waals surface area contributed by atoms with Gasteiger partial charge in [0.2, 0.25) is 5.29 Å². The number of alkyl halides is 9. The Morgan fingerprint density at radius 3 is 0.952 bits per heavy atom. The predicted molar refractivity (Wildman–Crippen MR) is 60.8 cm³/mol. The third-order valence-corrected chi connectivity index (χ3v) is 11.0. The first-order valence-electron chi connectivity index (χ1n) is 6.38. The molecular formula is C11H15F9Si. The Morgan fingerprint density at radius 1 is 0.524 bits per heavy atom. The zero-order chi connectivity index (χ0) is 17.1. The quantitative estimate of drug-likeness (QED) is 0.479. The lowest BCUT2D eigenvalue weighted by molar-refractivity contribution is -0.303. The van der Waals surface area contributed by atoms with E-state index in [0.29, 0.717) is 0 Å². The zero-order valence-electron chi connectivity index (χ0n) is 11.5. The van der Waals surface area contributed by atoms with Crippen molar-refractivity contribution in [1.82, 2.24) is 0 Å². The van der Waals surface area contributed by atoms with E-state index in [4.69, 9.17) is 0 Å². The predicted octanol–water partition coefficient (Wildman–Crippen LogP) is 5.30. The maximum absolute atomic E-state index is 14.8. The number of hydrogen-bond acceptors (Lipinski definition) is 0. The normalized spacial score (nSPS) is 28.6. The van der Waals surface area contributed by atoms with Gasteiger partial charge in [0.25, 0.3) is 0 Å². The fourth-order valence-electron chi connectivity index (χ4n) is 3.17. The first kappa shape index (κ1) is 18.6. The van der Waals surface area contributed by atoms with Crippen LogP contribution < -0.4 is 0 Å². The van der Waals surface area contributed by atoms with Gasteiger partial charge in [0.15, 0.2) is 0 Å². The summed E-state index contributed by atoms with van der Waals surface area (Å²) in [5, 5.41) is -5.21. The van der Waals surface area contributed by atoms with Gasteiger partial charge >= 0.3 is 23.7 Å². The molecule has 0 saturated heterocycles. The van der Waals surface area contributed by atoms with Crippen LogP contribution in [0.25, 0.3) is 0 Å². The summed E-state index contributed by atoms with van der Waals surface area (Å²) in [6.45, 7) is 3.25. The van der Waals surface area contributed by atoms with E-state index in [1.807, 2.05) is 0 Å². The summed E-state index contributed by atoms with van der Waals surface area (Å²) < 4.78 is 123. The average molecular weight is 346 g/mol. The molecule has 0 N–H and O–H groups in total. The van der Waals surface area contributed by atoms with Gasteiger partial charge in [-0.3, -0.25) is 0 Å². The van der Waals surface area contributed by atoms with Crippen LogP contribution in [-0.4, -0.2) is 37.1 Å². The molecule has 0 unspecified atom stereocenters. The summed E-state index contributed by atoms with van der Waals surface area (Å²) in [7, 11) is -4.48. The van der Waals surface area contributed by atoms with Gasteiger partial charge in [0.1, 0.15) is 8.07 Å². The van der Waals surface area contributed by atoms with Crippen molar-refractivity contribution in [3.63, 3.8) is 0 Å². The van der Waals surface area contributed by atoms with Crippen molar-refractivity contribution in [3.05, 3.63) is 0 Å². The molecule has 1 fully saturated rings. The van der Waals surface area contributed by atoms with Gasteiger partial charge in [-0.05, 0) is 0 Å². The van der Waals surface area contributed by atoms with Crippen LogP contribution in [-0.2, 0) is 0 Å². The van der Waals surface area contributed by atoms with Crippen molar-refractivity contribution in [1.29, 1.82) is 0 Å². The molecule has 126 valence electrons. The molecule has 0 atom stereocenters. The lowest BCUT2D eigenvalue weighted by Crippen LogP contribution is -2.71. The van der Waals surface area contributed by atoms with Crippen LogP contribution in [0, 0.1) is 0 Å². The monoisotopic (exact) mass is 346 g/mol. The van der Waals surface area contributed by atoms with Gasteiger partial charge in [0.05, 0.1) is 0 Å². The zero-order valence-corrected chi connectivity index (χ0v) is 12.5. The minimum atomic E-state index is -6.45. The summed E-state index contributed by atoms with van der Waals surface area (Å²) in [6, 6.07) is -1.73. The molecule has 1 saturated carbocycles. The highest BCUT2D eigenvalue weighted by molar-refractivity contribution is 6.83. The molecule has 0 heterocycles. The SMILES string of the molecule is CC[Si](CC)(CC)C1(F)C(F)(F)C(F)(F)C(F)(F)C1(F)F. The van der Waals surface area contributed by atoms with Crippen molar-refractivity contribution in [2.24, 2.45) is 0 Å². The topological polar surface area (TPSA) is 0 Å². The molecule has 10 heteroatoms. The van der Waals surface area contributed by atoms with Crippen LogP contribution in [0.1, 0.15) is 20.8 Å². The van der Waals surface area contributed by atoms with E-state index in [1.165, 1.54) is 0 Å². The minimum absolute atomic E-state index is 0.576. The number of hydrogen-bond donors (Lipinski definition) is 0. The third-order valence-electron chi connectivity index (χ3n) is 4.81. The molecule has 0 aromatic rings. The Morgan fingerprint density at radius 2 is 0.762 bits per heavy atom. The van der Waals surface area contributed by atoms with Crippen molar-refractivity contribution >= 4 is 8.07 Å². The summed E-state index contributed by atoms with van der Waals surface area (Å²) in [6.07, 6.45) is 0. The highest BCUT2D eigenvalue weighted by atomic mass is 28.3. The van der Waals surface area contributed by atoms with Gasteiger partial charge < -0.3 is 0 Å². The van der Waals surface area contributed by atoms with E-state index in [9.17, 15) is 39.5 Å². The second-order valence-corrected chi connectivity index (χ2v) is 10.7. The summed E-state index contributed by atoms with van der Waals surface area (Å²) >= 11 is 0. The van der Waals surface area contributed by atoms with Crippen molar-refractivity contribution in [3.8, 4) is 0 Å². The lowest BCUT2D eigenvalue weighted by Gasteiger charge is -2.45. The van der Waals surface area contributed by atoms with Crippen LogP contribution in [0.4, 0.5) is 39.5 Å². The fraction of sp³-hybridized carbons (Fsp3) is 1.00. The maximum atomic E-state index is 14.8. The Kier molecular flexibility index (Phi) is 4.03. The van der Waals surface area contributed by atoms with Crippen molar-refractivity contribution in [2.75, 3.05) is 0 Å². The third kappa shape index (κ3) is 1.55. The smallest absolute Gasteiger partial charge is 0.234 e. The number of rotatable bonds is 4. The van der Waals surface area contributed by atoms with E-state index < -0.39 is 55.2 Å². The molecule has 0 aliphatic heterocycles. The van der Waals surface area contributed by atoms with E-state index >= 15 is 0 Å². The van der Waals surface area contributed by atoms with Crippen LogP contribution >= 0.6 is 0 Å². The standard InChI is InChI=1S/C11H15F9Si/c1-4-21(5-2,6-3)11(20)9(16,17)7(12,13)8(14,15)10(11,18)19/h4-6H2,1-3H3. The summed E-state index contributed by atoms with van der Waals surface area (Å²) in [5.41, 5.74) is 0. The van der Waals surface area contributed by atoms with Crippen LogP contribution in [0.5, 0.6) is 0 Å². The Hall–Kier alpha value is -0.413. The van der Waals surface area contributed by atoms with Gasteiger partial charge in [-0.25, -0.2) is 4.39 Å². The lowest BCUT2D eigenvalue weighted by atomic mass is 10.2. The van der Waals surface area contributed by atoms with E-state index in [2.05, 4.69) is 0 Å². The highest BCUT2D eigenvalue weighted by Crippen LogP contribution is 2.72. The Labute approximate surface area is 116 Å². The van der Waals surface area contributed by atoms with E-state index in [1.54, 1.807) is 0 Å². The second kappa shape index (κ2) is 4.54. The molecule has 0 spiro atoms.